The molecule has 0 spiro atoms. The number of piperidine rings is 1. The number of rotatable bonds is 4. The van der Waals surface area contributed by atoms with Crippen LogP contribution >= 0.6 is 11.6 Å². The van der Waals surface area contributed by atoms with Crippen molar-refractivity contribution in [2.75, 3.05) is 18.0 Å². The van der Waals surface area contributed by atoms with E-state index in [0.29, 0.717) is 0 Å². The summed E-state index contributed by atoms with van der Waals surface area (Å²) in [4.78, 5) is 7.64. The Morgan fingerprint density at radius 3 is 2.45 bits per heavy atom. The highest BCUT2D eigenvalue weighted by Crippen LogP contribution is 2.34. The quantitative estimate of drug-likeness (QED) is 0.357. The van der Waals surface area contributed by atoms with Gasteiger partial charge in [0.15, 0.2) is 5.65 Å². The molecule has 0 atom stereocenters. The van der Waals surface area contributed by atoms with E-state index in [1.54, 1.807) is 0 Å². The van der Waals surface area contributed by atoms with Crippen molar-refractivity contribution < 1.29 is 0 Å². The van der Waals surface area contributed by atoms with Crippen molar-refractivity contribution in [1.29, 1.82) is 0 Å². The van der Waals surface area contributed by atoms with E-state index in [4.69, 9.17) is 21.7 Å². The molecule has 1 fully saturated rings. The molecule has 2 aromatic carbocycles. The number of anilines is 1. The molecule has 168 valence electrons. The number of fused-ring (bicyclic) bond motifs is 2. The Labute approximate surface area is 200 Å². The van der Waals surface area contributed by atoms with E-state index in [1.807, 2.05) is 24.3 Å². The summed E-state index contributed by atoms with van der Waals surface area (Å²) in [5.41, 5.74) is 7.15. The normalized spacial score (nSPS) is 16.8. The van der Waals surface area contributed by atoms with Gasteiger partial charge in [-0.3, -0.25) is 0 Å². The van der Waals surface area contributed by atoms with Crippen molar-refractivity contribution in [2.45, 2.75) is 44.9 Å². The second kappa shape index (κ2) is 8.83. The smallest absolute Gasteiger partial charge is 0.158 e. The zero-order valence-electron chi connectivity index (χ0n) is 18.9. The highest BCUT2D eigenvalue weighted by atomic mass is 35.5. The van der Waals surface area contributed by atoms with Gasteiger partial charge in [0.05, 0.1) is 5.69 Å². The fourth-order valence-electron chi connectivity index (χ4n) is 5.51. The summed E-state index contributed by atoms with van der Waals surface area (Å²) in [5.74, 6) is 2.03. The third kappa shape index (κ3) is 4.13. The molecule has 0 bridgehead atoms. The summed E-state index contributed by atoms with van der Waals surface area (Å²) in [6, 6.07) is 21.0. The van der Waals surface area contributed by atoms with Crippen molar-refractivity contribution in [3.8, 4) is 11.3 Å². The van der Waals surface area contributed by atoms with Crippen LogP contribution in [0.4, 0.5) is 5.82 Å². The number of benzene rings is 2. The van der Waals surface area contributed by atoms with Crippen LogP contribution < -0.4 is 4.90 Å². The molecule has 5 heteroatoms. The van der Waals surface area contributed by atoms with Crippen LogP contribution in [-0.2, 0) is 19.3 Å². The average molecular weight is 457 g/mol. The molecule has 0 amide bonds. The van der Waals surface area contributed by atoms with Gasteiger partial charge in [0.1, 0.15) is 5.82 Å². The van der Waals surface area contributed by atoms with Crippen molar-refractivity contribution in [3.63, 3.8) is 0 Å². The number of aryl methyl sites for hydroxylation is 1. The summed E-state index contributed by atoms with van der Waals surface area (Å²) in [7, 11) is 0. The summed E-state index contributed by atoms with van der Waals surface area (Å²) in [5, 5.41) is 5.80. The molecule has 0 saturated carbocycles. The van der Waals surface area contributed by atoms with Gasteiger partial charge in [-0.1, -0.05) is 54.1 Å². The van der Waals surface area contributed by atoms with Gasteiger partial charge >= 0.3 is 0 Å². The number of halogens is 1. The van der Waals surface area contributed by atoms with Crippen LogP contribution in [-0.4, -0.2) is 27.7 Å². The van der Waals surface area contributed by atoms with E-state index >= 15 is 0 Å². The SMILES string of the molecule is Clc1ccc(-c2cc3nc4c(c(N5CCC(Cc6ccccc6)CC5)n3n2)CCCC4)cc1. The van der Waals surface area contributed by atoms with Crippen molar-refractivity contribution in [3.05, 3.63) is 82.5 Å². The molecule has 3 heterocycles. The molecule has 2 aromatic heterocycles. The molecule has 0 N–H and O–H groups in total. The largest absolute Gasteiger partial charge is 0.356 e. The highest BCUT2D eigenvalue weighted by Gasteiger charge is 2.27. The van der Waals surface area contributed by atoms with E-state index < -0.39 is 0 Å². The molecule has 2 aliphatic rings. The predicted octanol–water partition coefficient (Wildman–Crippen LogP) is 6.39. The zero-order chi connectivity index (χ0) is 22.2. The minimum atomic E-state index is 0.746. The standard InChI is InChI=1S/C28H29ClN4/c29-23-12-10-22(11-13-23)26-19-27-30-25-9-5-4-8-24(25)28(33(27)31-26)32-16-14-21(15-17-32)18-20-6-2-1-3-7-20/h1-3,6-7,10-13,19,21H,4-5,8-9,14-18H2. The lowest BCUT2D eigenvalue weighted by atomic mass is 9.89. The summed E-state index contributed by atoms with van der Waals surface area (Å²) in [6.45, 7) is 2.17. The van der Waals surface area contributed by atoms with E-state index in [9.17, 15) is 0 Å². The lowest BCUT2D eigenvalue weighted by Gasteiger charge is -2.35. The number of aromatic nitrogens is 3. The third-order valence-corrected chi connectivity index (χ3v) is 7.52. The van der Waals surface area contributed by atoms with Crippen molar-refractivity contribution in [1.82, 2.24) is 14.6 Å². The monoisotopic (exact) mass is 456 g/mol. The number of nitrogens with zero attached hydrogens (tertiary/aromatic N) is 4. The summed E-state index contributed by atoms with van der Waals surface area (Å²) in [6.07, 6.45) is 8.27. The van der Waals surface area contributed by atoms with Crippen LogP contribution in [0.5, 0.6) is 0 Å². The van der Waals surface area contributed by atoms with Crippen molar-refractivity contribution in [2.24, 2.45) is 5.92 Å². The molecule has 4 nitrogen and oxygen atoms in total. The van der Waals surface area contributed by atoms with Crippen molar-refractivity contribution >= 4 is 23.1 Å². The van der Waals surface area contributed by atoms with E-state index in [2.05, 4.69) is 45.8 Å². The van der Waals surface area contributed by atoms with Crippen LogP contribution in [0.2, 0.25) is 5.02 Å². The Hall–Kier alpha value is -2.85. The molecule has 33 heavy (non-hydrogen) atoms. The predicted molar refractivity (Wildman–Crippen MR) is 135 cm³/mol. The molecule has 4 aromatic rings. The molecule has 1 saturated heterocycles. The molecule has 6 rings (SSSR count). The van der Waals surface area contributed by atoms with Gasteiger partial charge < -0.3 is 4.90 Å². The maximum Gasteiger partial charge on any atom is 0.158 e. The highest BCUT2D eigenvalue weighted by molar-refractivity contribution is 6.30. The van der Waals surface area contributed by atoms with Gasteiger partial charge in [-0.15, -0.1) is 0 Å². The van der Waals surface area contributed by atoms with Gasteiger partial charge in [0.25, 0.3) is 0 Å². The molecule has 1 aliphatic heterocycles. The van der Waals surface area contributed by atoms with Crippen LogP contribution in [0.3, 0.4) is 0 Å². The van der Waals surface area contributed by atoms with E-state index in [1.165, 1.54) is 54.7 Å². The fraction of sp³-hybridized carbons (Fsp3) is 0.357. The second-order valence-corrected chi connectivity index (χ2v) is 9.93. The van der Waals surface area contributed by atoms with Gasteiger partial charge in [-0.25, -0.2) is 4.98 Å². The van der Waals surface area contributed by atoms with Crippen LogP contribution in [0.1, 0.15) is 42.5 Å². The first-order valence-electron chi connectivity index (χ1n) is 12.2. The lowest BCUT2D eigenvalue weighted by molar-refractivity contribution is 0.400. The Kier molecular flexibility index (Phi) is 5.55. The van der Waals surface area contributed by atoms with Crippen LogP contribution in [0.25, 0.3) is 16.9 Å². The zero-order valence-corrected chi connectivity index (χ0v) is 19.6. The maximum atomic E-state index is 6.11. The van der Waals surface area contributed by atoms with Gasteiger partial charge in [0, 0.05) is 41.0 Å². The summed E-state index contributed by atoms with van der Waals surface area (Å²) < 4.78 is 2.12. The van der Waals surface area contributed by atoms with Crippen LogP contribution in [0, 0.1) is 5.92 Å². The van der Waals surface area contributed by atoms with Crippen LogP contribution in [0.15, 0.2) is 60.7 Å². The topological polar surface area (TPSA) is 33.4 Å². The van der Waals surface area contributed by atoms with E-state index in [0.717, 1.165) is 53.8 Å². The molecule has 1 aliphatic carbocycles. The Bertz CT molecular complexity index is 1250. The fourth-order valence-corrected chi connectivity index (χ4v) is 5.64. The Morgan fingerprint density at radius 1 is 0.909 bits per heavy atom. The average Bonchev–Trinajstić information content (AvgIpc) is 3.28. The first kappa shape index (κ1) is 20.7. The van der Waals surface area contributed by atoms with Gasteiger partial charge in [-0.05, 0) is 68.6 Å². The minimum absolute atomic E-state index is 0.746. The molecular formula is C28H29ClN4. The maximum absolute atomic E-state index is 6.11. The first-order valence-corrected chi connectivity index (χ1v) is 12.6. The van der Waals surface area contributed by atoms with Gasteiger partial charge in [-0.2, -0.15) is 9.61 Å². The second-order valence-electron chi connectivity index (χ2n) is 9.49. The minimum Gasteiger partial charge on any atom is -0.356 e. The number of hydrogen-bond acceptors (Lipinski definition) is 3. The van der Waals surface area contributed by atoms with E-state index in [-0.39, 0.29) is 0 Å². The molecule has 0 unspecified atom stereocenters. The third-order valence-electron chi connectivity index (χ3n) is 7.27. The Morgan fingerprint density at radius 2 is 1.67 bits per heavy atom. The molecule has 0 radical (unpaired) electrons. The Balaban J connectivity index is 1.33. The lowest BCUT2D eigenvalue weighted by Crippen LogP contribution is -2.37. The summed E-state index contributed by atoms with van der Waals surface area (Å²) >= 11 is 6.11. The first-order chi connectivity index (χ1) is 16.2. The van der Waals surface area contributed by atoms with Gasteiger partial charge in [0.2, 0.25) is 0 Å². The number of hydrogen-bond donors (Lipinski definition) is 0. The molecular weight excluding hydrogens is 428 g/mol.